The zero-order chi connectivity index (χ0) is 18.3. The Balaban J connectivity index is 2.05. The van der Waals surface area contributed by atoms with E-state index in [0.717, 1.165) is 38.2 Å². The first-order chi connectivity index (χ1) is 13.1. The fourth-order valence-electron chi connectivity index (χ4n) is 4.47. The highest BCUT2D eigenvalue weighted by molar-refractivity contribution is 7.92. The van der Waals surface area contributed by atoms with Gasteiger partial charge in [0.2, 0.25) is 9.84 Å². The van der Waals surface area contributed by atoms with Gasteiger partial charge in [0.25, 0.3) is 0 Å². The highest BCUT2D eigenvalue weighted by Crippen LogP contribution is 2.51. The summed E-state index contributed by atoms with van der Waals surface area (Å²) in [6.45, 7) is 0. The van der Waals surface area contributed by atoms with E-state index in [1.54, 1.807) is 12.1 Å². The van der Waals surface area contributed by atoms with E-state index in [0.29, 0.717) is 15.3 Å². The molecule has 0 saturated heterocycles. The van der Waals surface area contributed by atoms with Crippen molar-refractivity contribution in [3.8, 4) is 11.1 Å². The fourth-order valence-corrected chi connectivity index (χ4v) is 6.35. The van der Waals surface area contributed by atoms with Crippen LogP contribution in [0.1, 0.15) is 0 Å². The van der Waals surface area contributed by atoms with Crippen molar-refractivity contribution in [2.75, 3.05) is 5.84 Å². The molecule has 0 bridgehead atoms. The second-order valence-electron chi connectivity index (χ2n) is 6.86. The predicted octanol–water partition coefficient (Wildman–Crippen LogP) is 4.47. The number of hydrogen-bond acceptors (Lipinski definition) is 3. The molecule has 1 aromatic heterocycles. The summed E-state index contributed by atoms with van der Waals surface area (Å²) < 4.78 is 28.5. The molecule has 0 atom stereocenters. The standard InChI is InChI=1S/C22H14N2O2S/c23-24-17-11-5-3-9-15(17)19-13-7-1-2-8-14(13)20-16-10-4-6-12-18(16)27(25,26)22(20)21(19)24/h1-12H,23H2. The Morgan fingerprint density at radius 2 is 1.37 bits per heavy atom. The van der Waals surface area contributed by atoms with Gasteiger partial charge in [0.15, 0.2) is 0 Å². The topological polar surface area (TPSA) is 65.1 Å². The van der Waals surface area contributed by atoms with Crippen LogP contribution < -0.4 is 5.84 Å². The van der Waals surface area contributed by atoms with Crippen LogP contribution in [0.4, 0.5) is 0 Å². The number of benzene rings is 4. The van der Waals surface area contributed by atoms with E-state index in [4.69, 9.17) is 5.84 Å². The first-order valence-electron chi connectivity index (χ1n) is 8.68. The predicted molar refractivity (Wildman–Crippen MR) is 108 cm³/mol. The van der Waals surface area contributed by atoms with Crippen molar-refractivity contribution in [1.29, 1.82) is 0 Å². The lowest BCUT2D eigenvalue weighted by Gasteiger charge is -2.10. The quantitative estimate of drug-likeness (QED) is 0.401. The molecule has 0 radical (unpaired) electrons. The zero-order valence-electron chi connectivity index (χ0n) is 14.2. The number of hydrogen-bond donors (Lipinski definition) is 1. The Kier molecular flexibility index (Phi) is 2.58. The van der Waals surface area contributed by atoms with Crippen LogP contribution in [-0.4, -0.2) is 13.1 Å². The lowest BCUT2D eigenvalue weighted by atomic mass is 9.95. The number of aromatic nitrogens is 1. The summed E-state index contributed by atoms with van der Waals surface area (Å²) in [5, 5.41) is 3.79. The number of nitrogens with zero attached hydrogens (tertiary/aromatic N) is 1. The minimum atomic E-state index is -3.65. The van der Waals surface area contributed by atoms with Crippen LogP contribution in [0.5, 0.6) is 0 Å². The van der Waals surface area contributed by atoms with Crippen molar-refractivity contribution >= 4 is 42.4 Å². The summed E-state index contributed by atoms with van der Waals surface area (Å²) in [4.78, 5) is 0.666. The molecule has 2 heterocycles. The molecule has 0 fully saturated rings. The first kappa shape index (κ1) is 14.8. The SMILES string of the molecule is Nn1c2ccccc2c2c3ccccc3c3c(c21)S(=O)(=O)c1ccccc1-3. The molecule has 5 aromatic rings. The van der Waals surface area contributed by atoms with E-state index >= 15 is 0 Å². The molecular formula is C22H14N2O2S. The summed E-state index contributed by atoms with van der Waals surface area (Å²) in [7, 11) is -3.65. The van der Waals surface area contributed by atoms with Crippen LogP contribution in [0.25, 0.3) is 43.7 Å². The van der Waals surface area contributed by atoms with Crippen LogP contribution >= 0.6 is 0 Å². The molecule has 6 rings (SSSR count). The van der Waals surface area contributed by atoms with E-state index in [2.05, 4.69) is 0 Å². The normalized spacial score (nSPS) is 14.7. The van der Waals surface area contributed by atoms with Gasteiger partial charge in [-0.25, -0.2) is 8.42 Å². The monoisotopic (exact) mass is 370 g/mol. The van der Waals surface area contributed by atoms with Gasteiger partial charge < -0.3 is 5.84 Å². The third-order valence-electron chi connectivity index (χ3n) is 5.53. The molecular weight excluding hydrogens is 356 g/mol. The summed E-state index contributed by atoms with van der Waals surface area (Å²) >= 11 is 0. The molecule has 2 N–H and O–H groups in total. The highest BCUT2D eigenvalue weighted by Gasteiger charge is 2.38. The van der Waals surface area contributed by atoms with Crippen LogP contribution in [-0.2, 0) is 9.84 Å². The van der Waals surface area contributed by atoms with E-state index in [9.17, 15) is 8.42 Å². The number of sulfone groups is 1. The fraction of sp³-hybridized carbons (Fsp3) is 0. The molecule has 0 amide bonds. The number of rotatable bonds is 0. The van der Waals surface area contributed by atoms with E-state index in [1.165, 1.54) is 4.68 Å². The maximum atomic E-state index is 13.5. The van der Waals surface area contributed by atoms with Crippen LogP contribution in [0.2, 0.25) is 0 Å². The van der Waals surface area contributed by atoms with E-state index in [-0.39, 0.29) is 0 Å². The van der Waals surface area contributed by atoms with Crippen molar-refractivity contribution in [3.05, 3.63) is 72.8 Å². The lowest BCUT2D eigenvalue weighted by Crippen LogP contribution is -2.10. The number of para-hydroxylation sites is 1. The Hall–Kier alpha value is -3.31. The molecule has 1 aliphatic rings. The van der Waals surface area contributed by atoms with Crippen LogP contribution in [0.15, 0.2) is 82.6 Å². The van der Waals surface area contributed by atoms with Gasteiger partial charge in [-0.2, -0.15) is 0 Å². The van der Waals surface area contributed by atoms with Crippen LogP contribution in [0, 0.1) is 0 Å². The van der Waals surface area contributed by atoms with Gasteiger partial charge in [-0.3, -0.25) is 4.68 Å². The first-order valence-corrected chi connectivity index (χ1v) is 10.2. The third kappa shape index (κ3) is 1.61. The van der Waals surface area contributed by atoms with Crippen molar-refractivity contribution in [2.24, 2.45) is 0 Å². The van der Waals surface area contributed by atoms with Crippen LogP contribution in [0.3, 0.4) is 0 Å². The lowest BCUT2D eigenvalue weighted by molar-refractivity contribution is 0.599. The van der Waals surface area contributed by atoms with Gasteiger partial charge >= 0.3 is 0 Å². The van der Waals surface area contributed by atoms with Gasteiger partial charge in [0.05, 0.1) is 15.9 Å². The molecule has 130 valence electrons. The van der Waals surface area contributed by atoms with Gasteiger partial charge in [0.1, 0.15) is 4.90 Å². The summed E-state index contributed by atoms with van der Waals surface area (Å²) in [5.74, 6) is 6.45. The highest BCUT2D eigenvalue weighted by atomic mass is 32.2. The van der Waals surface area contributed by atoms with Crippen molar-refractivity contribution in [1.82, 2.24) is 4.68 Å². The number of nitrogen functional groups attached to an aromatic ring is 1. The summed E-state index contributed by atoms with van der Waals surface area (Å²) in [5.41, 5.74) is 2.89. The Labute approximate surface area is 155 Å². The maximum Gasteiger partial charge on any atom is 0.210 e. The molecule has 0 spiro atoms. The molecule has 0 aliphatic carbocycles. The maximum absolute atomic E-state index is 13.5. The third-order valence-corrected chi connectivity index (χ3v) is 7.40. The molecule has 27 heavy (non-hydrogen) atoms. The van der Waals surface area contributed by atoms with Crippen molar-refractivity contribution in [3.63, 3.8) is 0 Å². The minimum Gasteiger partial charge on any atom is -0.339 e. The molecule has 0 saturated carbocycles. The average molecular weight is 370 g/mol. The molecule has 4 nitrogen and oxygen atoms in total. The molecule has 0 unspecified atom stereocenters. The largest absolute Gasteiger partial charge is 0.339 e. The second-order valence-corrected chi connectivity index (χ2v) is 8.72. The van der Waals surface area contributed by atoms with Gasteiger partial charge in [-0.1, -0.05) is 60.7 Å². The Bertz CT molecular complexity index is 1550. The van der Waals surface area contributed by atoms with E-state index < -0.39 is 9.84 Å². The average Bonchev–Trinajstić information content (AvgIpc) is 3.12. The van der Waals surface area contributed by atoms with E-state index in [1.807, 2.05) is 60.7 Å². The van der Waals surface area contributed by atoms with Crippen molar-refractivity contribution < 1.29 is 8.42 Å². The van der Waals surface area contributed by atoms with Gasteiger partial charge in [-0.05, 0) is 22.9 Å². The molecule has 4 aromatic carbocycles. The van der Waals surface area contributed by atoms with Crippen molar-refractivity contribution in [2.45, 2.75) is 9.79 Å². The zero-order valence-corrected chi connectivity index (χ0v) is 15.0. The number of nitrogens with two attached hydrogens (primary N) is 1. The van der Waals surface area contributed by atoms with Gasteiger partial charge in [-0.15, -0.1) is 0 Å². The summed E-state index contributed by atoms with van der Waals surface area (Å²) in [6.07, 6.45) is 0. The van der Waals surface area contributed by atoms with Gasteiger partial charge in [0, 0.05) is 21.9 Å². The Morgan fingerprint density at radius 3 is 2.19 bits per heavy atom. The summed E-state index contributed by atoms with van der Waals surface area (Å²) in [6, 6.07) is 22.9. The number of fused-ring (bicyclic) bond motifs is 10. The smallest absolute Gasteiger partial charge is 0.210 e. The molecule has 5 heteroatoms. The minimum absolute atomic E-state index is 0.316. The second kappa shape index (κ2) is 4.69. The molecule has 1 aliphatic heterocycles. The Morgan fingerprint density at radius 1 is 0.741 bits per heavy atom.